The molecule has 0 unspecified atom stereocenters. The molecule has 2 aliphatic heterocycles. The van der Waals surface area contributed by atoms with Crippen molar-refractivity contribution in [2.24, 2.45) is 4.99 Å². The molecule has 0 aliphatic carbocycles. The van der Waals surface area contributed by atoms with Crippen molar-refractivity contribution < 1.29 is 4.74 Å². The summed E-state index contributed by atoms with van der Waals surface area (Å²) >= 11 is 0. The van der Waals surface area contributed by atoms with E-state index in [4.69, 9.17) is 4.74 Å². The Morgan fingerprint density at radius 3 is 3.00 bits per heavy atom. The third-order valence-electron chi connectivity index (χ3n) is 3.19. The highest BCUT2D eigenvalue weighted by atomic mass is 16.5. The van der Waals surface area contributed by atoms with Crippen LogP contribution in [0.4, 0.5) is 5.82 Å². The monoisotopic (exact) mass is 234 g/mol. The van der Waals surface area contributed by atoms with Gasteiger partial charge in [0.05, 0.1) is 0 Å². The summed E-state index contributed by atoms with van der Waals surface area (Å²) in [5.74, 6) is 2.31. The maximum atomic E-state index is 5.83. The van der Waals surface area contributed by atoms with E-state index in [2.05, 4.69) is 28.2 Å². The molecule has 18 heavy (non-hydrogen) atoms. The molecule has 1 aromatic carbocycles. The number of para-hydroxylation sites is 1. The second kappa shape index (κ2) is 3.53. The van der Waals surface area contributed by atoms with Gasteiger partial charge < -0.3 is 4.74 Å². The summed E-state index contributed by atoms with van der Waals surface area (Å²) < 4.78 is 5.83. The summed E-state index contributed by atoms with van der Waals surface area (Å²) in [6, 6.07) is 12.0. The van der Waals surface area contributed by atoms with E-state index in [0.29, 0.717) is 5.90 Å². The maximum absolute atomic E-state index is 5.83. The largest absolute Gasteiger partial charge is 0.438 e. The minimum Gasteiger partial charge on any atom is -0.438 e. The first-order chi connectivity index (χ1) is 8.90. The number of fused-ring (bicyclic) bond motifs is 3. The van der Waals surface area contributed by atoms with Crippen LogP contribution in [-0.4, -0.2) is 10.9 Å². The first kappa shape index (κ1) is 9.59. The van der Waals surface area contributed by atoms with Gasteiger partial charge in [-0.15, -0.1) is 0 Å². The number of pyridine rings is 1. The average molecular weight is 234 g/mol. The van der Waals surface area contributed by atoms with Gasteiger partial charge in [0, 0.05) is 29.3 Å². The zero-order valence-electron chi connectivity index (χ0n) is 9.63. The molecule has 4 rings (SSSR count). The number of hydrogen-bond donors (Lipinski definition) is 0. The molecular formula is C15H10N2O. The Morgan fingerprint density at radius 1 is 1.06 bits per heavy atom. The molecule has 3 heterocycles. The summed E-state index contributed by atoms with van der Waals surface area (Å²) in [7, 11) is 0. The second-order valence-electron chi connectivity index (χ2n) is 4.39. The van der Waals surface area contributed by atoms with Crippen molar-refractivity contribution >= 4 is 17.8 Å². The molecule has 3 heteroatoms. The van der Waals surface area contributed by atoms with E-state index < -0.39 is 0 Å². The number of nitrogens with zero attached hydrogens (tertiary/aromatic N) is 2. The van der Waals surface area contributed by atoms with Crippen molar-refractivity contribution in [1.29, 1.82) is 0 Å². The Bertz CT molecular complexity index is 640. The molecule has 1 aromatic heterocycles. The lowest BCUT2D eigenvalue weighted by Crippen LogP contribution is -2.20. The normalized spacial score (nSPS) is 15.6. The van der Waals surface area contributed by atoms with Crippen LogP contribution in [0, 0.1) is 0 Å². The first-order valence-corrected chi connectivity index (χ1v) is 5.90. The van der Waals surface area contributed by atoms with Crippen molar-refractivity contribution in [2.45, 2.75) is 6.42 Å². The third-order valence-corrected chi connectivity index (χ3v) is 3.19. The molecule has 0 spiro atoms. The fourth-order valence-electron chi connectivity index (χ4n) is 2.30. The van der Waals surface area contributed by atoms with Crippen LogP contribution in [0.15, 0.2) is 53.2 Å². The molecule has 0 bridgehead atoms. The summed E-state index contributed by atoms with van der Waals surface area (Å²) in [6.45, 7) is 0. The number of rotatable bonds is 0. The lowest BCUT2D eigenvalue weighted by molar-refractivity contribution is 0.541. The van der Waals surface area contributed by atoms with Gasteiger partial charge in [0.25, 0.3) is 0 Å². The zero-order valence-corrected chi connectivity index (χ0v) is 9.63. The third kappa shape index (κ3) is 1.37. The fourth-order valence-corrected chi connectivity index (χ4v) is 2.30. The summed E-state index contributed by atoms with van der Waals surface area (Å²) in [6.07, 6.45) is 4.73. The second-order valence-corrected chi connectivity index (χ2v) is 4.39. The van der Waals surface area contributed by atoms with E-state index in [1.54, 1.807) is 6.20 Å². The standard InChI is InChI=1S/C15H10N2O/c1-2-6-13-10(4-1)8-12-9-11-5-3-7-16-14(11)17-15(12)18-13/h1-8H,9H2. The smallest absolute Gasteiger partial charge is 0.224 e. The molecule has 0 saturated carbocycles. The van der Waals surface area contributed by atoms with Gasteiger partial charge in [-0.05, 0) is 18.2 Å². The van der Waals surface area contributed by atoms with E-state index in [1.165, 1.54) is 0 Å². The van der Waals surface area contributed by atoms with Gasteiger partial charge in [-0.2, -0.15) is 4.99 Å². The number of benzene rings is 1. The van der Waals surface area contributed by atoms with Crippen LogP contribution in [0.25, 0.3) is 6.08 Å². The number of aromatic nitrogens is 1. The van der Waals surface area contributed by atoms with Gasteiger partial charge in [-0.1, -0.05) is 24.3 Å². The van der Waals surface area contributed by atoms with E-state index in [-0.39, 0.29) is 0 Å². The number of aliphatic imine (C=N–C) groups is 1. The van der Waals surface area contributed by atoms with Crippen LogP contribution < -0.4 is 4.74 Å². The topological polar surface area (TPSA) is 34.5 Å². The molecule has 0 atom stereocenters. The molecule has 0 saturated heterocycles. The van der Waals surface area contributed by atoms with Crippen molar-refractivity contribution in [3.63, 3.8) is 0 Å². The van der Waals surface area contributed by atoms with Gasteiger partial charge in [-0.25, -0.2) is 4.98 Å². The molecule has 0 fully saturated rings. The molecule has 2 aromatic rings. The molecule has 0 amide bonds. The SMILES string of the molecule is C1=C2Cc3cccnc3N=C2Oc2ccccc21. The molecule has 0 N–H and O–H groups in total. The highest BCUT2D eigenvalue weighted by Gasteiger charge is 2.23. The lowest BCUT2D eigenvalue weighted by atomic mass is 9.98. The van der Waals surface area contributed by atoms with E-state index in [9.17, 15) is 0 Å². The average Bonchev–Trinajstić information content (AvgIpc) is 2.42. The van der Waals surface area contributed by atoms with Crippen molar-refractivity contribution in [3.05, 3.63) is 59.3 Å². The van der Waals surface area contributed by atoms with Crippen LogP contribution in [0.5, 0.6) is 5.75 Å². The van der Waals surface area contributed by atoms with Gasteiger partial charge in [0.2, 0.25) is 5.90 Å². The summed E-state index contributed by atoms with van der Waals surface area (Å²) in [5, 5.41) is 0. The fraction of sp³-hybridized carbons (Fsp3) is 0.0667. The van der Waals surface area contributed by atoms with E-state index in [0.717, 1.165) is 34.7 Å². The molecular weight excluding hydrogens is 224 g/mol. The Hall–Kier alpha value is -2.42. The Balaban J connectivity index is 1.88. The minimum atomic E-state index is 0.680. The summed E-state index contributed by atoms with van der Waals surface area (Å²) in [5.41, 5.74) is 3.38. The predicted octanol–water partition coefficient (Wildman–Crippen LogP) is 3.14. The van der Waals surface area contributed by atoms with Crippen LogP contribution in [0.3, 0.4) is 0 Å². The minimum absolute atomic E-state index is 0.680. The Morgan fingerprint density at radius 2 is 2.00 bits per heavy atom. The van der Waals surface area contributed by atoms with Crippen molar-refractivity contribution in [2.75, 3.05) is 0 Å². The van der Waals surface area contributed by atoms with Gasteiger partial charge in [-0.3, -0.25) is 0 Å². The van der Waals surface area contributed by atoms with Crippen LogP contribution in [0.1, 0.15) is 11.1 Å². The highest BCUT2D eigenvalue weighted by Crippen LogP contribution is 2.33. The van der Waals surface area contributed by atoms with Crippen LogP contribution in [-0.2, 0) is 6.42 Å². The zero-order chi connectivity index (χ0) is 11.9. The van der Waals surface area contributed by atoms with E-state index >= 15 is 0 Å². The predicted molar refractivity (Wildman–Crippen MR) is 70.1 cm³/mol. The van der Waals surface area contributed by atoms with Gasteiger partial charge in [0.15, 0.2) is 5.82 Å². The molecule has 3 nitrogen and oxygen atoms in total. The number of hydrogen-bond acceptors (Lipinski definition) is 3. The van der Waals surface area contributed by atoms with Crippen molar-refractivity contribution in [1.82, 2.24) is 4.98 Å². The first-order valence-electron chi connectivity index (χ1n) is 5.90. The highest BCUT2D eigenvalue weighted by molar-refractivity contribution is 6.05. The van der Waals surface area contributed by atoms with Gasteiger partial charge in [0.1, 0.15) is 5.75 Å². The lowest BCUT2D eigenvalue weighted by Gasteiger charge is -2.22. The maximum Gasteiger partial charge on any atom is 0.224 e. The molecule has 0 radical (unpaired) electrons. The molecule has 2 aliphatic rings. The summed E-state index contributed by atoms with van der Waals surface area (Å²) in [4.78, 5) is 8.75. The van der Waals surface area contributed by atoms with Crippen LogP contribution in [0.2, 0.25) is 0 Å². The van der Waals surface area contributed by atoms with Crippen LogP contribution >= 0.6 is 0 Å². The number of ether oxygens (including phenoxy) is 1. The van der Waals surface area contributed by atoms with Gasteiger partial charge >= 0.3 is 0 Å². The van der Waals surface area contributed by atoms with E-state index in [1.807, 2.05) is 24.3 Å². The van der Waals surface area contributed by atoms with Crippen molar-refractivity contribution in [3.8, 4) is 5.75 Å². The Labute approximate surface area is 104 Å². The Kier molecular flexibility index (Phi) is 1.88. The quantitative estimate of drug-likeness (QED) is 0.701. The molecule has 86 valence electrons.